The number of hydrogen-bond donors (Lipinski definition) is 1. The van der Waals surface area contributed by atoms with Crippen LogP contribution >= 0.6 is 0 Å². The van der Waals surface area contributed by atoms with Crippen LogP contribution in [-0.2, 0) is 6.42 Å². The first-order valence-electron chi connectivity index (χ1n) is 9.56. The highest BCUT2D eigenvalue weighted by Crippen LogP contribution is 2.38. The molecule has 0 saturated carbocycles. The van der Waals surface area contributed by atoms with E-state index in [1.54, 1.807) is 0 Å². The van der Waals surface area contributed by atoms with Gasteiger partial charge in [0.15, 0.2) is 0 Å². The van der Waals surface area contributed by atoms with Crippen LogP contribution in [0, 0.1) is 0 Å². The van der Waals surface area contributed by atoms with Gasteiger partial charge in [0.2, 0.25) is 0 Å². The first kappa shape index (κ1) is 16.5. The maximum absolute atomic E-state index is 9.72. The lowest BCUT2D eigenvalue weighted by Crippen LogP contribution is -2.25. The summed E-state index contributed by atoms with van der Waals surface area (Å²) in [6.45, 7) is 4.24. The number of nitrogens with zero attached hydrogens (tertiary/aromatic N) is 1. The van der Waals surface area contributed by atoms with Gasteiger partial charge in [-0.3, -0.25) is 4.90 Å². The predicted octanol–water partition coefficient (Wildman–Crippen LogP) is 4.34. The third-order valence-corrected chi connectivity index (χ3v) is 5.60. The fraction of sp³-hybridized carbons (Fsp3) is 0.455. The fourth-order valence-corrected chi connectivity index (χ4v) is 4.24. The van der Waals surface area contributed by atoms with E-state index in [4.69, 9.17) is 4.74 Å². The Labute approximate surface area is 150 Å². The number of aryl methyl sites for hydroxylation is 1. The molecule has 2 aromatic rings. The standard InChI is InChI=1S/C22H27NO2/c24-19-8-11-22-18(16-19)4-3-5-21(22)17-6-9-20(10-7-17)25-15-14-23-12-1-2-13-23/h6-11,16,21,24H,1-5,12-15H2. The number of fused-ring (bicyclic) bond motifs is 1. The zero-order valence-electron chi connectivity index (χ0n) is 14.8. The molecule has 0 aromatic heterocycles. The molecule has 1 aliphatic carbocycles. The minimum absolute atomic E-state index is 0.376. The molecular formula is C22H27NO2. The molecule has 1 saturated heterocycles. The molecule has 3 nitrogen and oxygen atoms in total. The van der Waals surface area contributed by atoms with Gasteiger partial charge in [-0.05, 0) is 86.1 Å². The Morgan fingerprint density at radius 1 is 1.00 bits per heavy atom. The first-order chi connectivity index (χ1) is 12.3. The van der Waals surface area contributed by atoms with E-state index >= 15 is 0 Å². The number of phenols is 1. The molecule has 2 aromatic carbocycles. The van der Waals surface area contributed by atoms with E-state index in [1.807, 2.05) is 12.1 Å². The lowest BCUT2D eigenvalue weighted by Gasteiger charge is -2.26. The Bertz CT molecular complexity index is 704. The van der Waals surface area contributed by atoms with Crippen molar-refractivity contribution >= 4 is 0 Å². The zero-order chi connectivity index (χ0) is 17.1. The summed E-state index contributed by atoms with van der Waals surface area (Å²) in [5, 5.41) is 9.72. The van der Waals surface area contributed by atoms with Gasteiger partial charge in [0.25, 0.3) is 0 Å². The van der Waals surface area contributed by atoms with Crippen molar-refractivity contribution in [1.29, 1.82) is 0 Å². The van der Waals surface area contributed by atoms with Crippen LogP contribution in [-0.4, -0.2) is 36.2 Å². The molecule has 0 radical (unpaired) electrons. The molecule has 0 bridgehead atoms. The second-order valence-corrected chi connectivity index (χ2v) is 7.29. The van der Waals surface area contributed by atoms with Crippen molar-refractivity contribution in [2.75, 3.05) is 26.2 Å². The number of hydrogen-bond acceptors (Lipinski definition) is 3. The average Bonchev–Trinajstić information content (AvgIpc) is 3.15. The van der Waals surface area contributed by atoms with Crippen LogP contribution in [0.25, 0.3) is 0 Å². The Hall–Kier alpha value is -2.00. The predicted molar refractivity (Wildman–Crippen MR) is 100 cm³/mol. The van der Waals surface area contributed by atoms with E-state index < -0.39 is 0 Å². The summed E-state index contributed by atoms with van der Waals surface area (Å²) in [7, 11) is 0. The molecule has 2 aliphatic rings. The molecule has 132 valence electrons. The molecule has 25 heavy (non-hydrogen) atoms. The van der Waals surface area contributed by atoms with Gasteiger partial charge in [-0.25, -0.2) is 0 Å². The Kier molecular flexibility index (Phi) is 4.93. The second kappa shape index (κ2) is 7.49. The van der Waals surface area contributed by atoms with E-state index in [1.165, 1.54) is 55.5 Å². The molecular weight excluding hydrogens is 310 g/mol. The number of rotatable bonds is 5. The quantitative estimate of drug-likeness (QED) is 0.881. The van der Waals surface area contributed by atoms with Crippen molar-refractivity contribution < 1.29 is 9.84 Å². The Balaban J connectivity index is 1.40. The van der Waals surface area contributed by atoms with Crippen molar-refractivity contribution in [3.8, 4) is 11.5 Å². The molecule has 0 spiro atoms. The number of likely N-dealkylation sites (tertiary alicyclic amines) is 1. The van der Waals surface area contributed by atoms with Gasteiger partial charge >= 0.3 is 0 Å². The maximum Gasteiger partial charge on any atom is 0.119 e. The van der Waals surface area contributed by atoms with E-state index in [0.717, 1.165) is 25.3 Å². The highest BCUT2D eigenvalue weighted by molar-refractivity contribution is 5.44. The average molecular weight is 337 g/mol. The summed E-state index contributed by atoms with van der Waals surface area (Å²) in [4.78, 5) is 2.47. The van der Waals surface area contributed by atoms with Crippen LogP contribution in [0.5, 0.6) is 11.5 Å². The van der Waals surface area contributed by atoms with Crippen molar-refractivity contribution in [2.24, 2.45) is 0 Å². The molecule has 0 amide bonds. The zero-order valence-corrected chi connectivity index (χ0v) is 14.8. The number of phenolic OH excluding ortho intramolecular Hbond substituents is 1. The van der Waals surface area contributed by atoms with Crippen molar-refractivity contribution in [3.05, 3.63) is 59.2 Å². The number of benzene rings is 2. The molecule has 1 N–H and O–H groups in total. The SMILES string of the molecule is Oc1ccc2c(c1)CCCC2c1ccc(OCCN2CCCC2)cc1. The molecule has 1 fully saturated rings. The first-order valence-corrected chi connectivity index (χ1v) is 9.56. The summed E-state index contributed by atoms with van der Waals surface area (Å²) in [6.07, 6.45) is 6.07. The van der Waals surface area contributed by atoms with Gasteiger partial charge in [0, 0.05) is 12.5 Å². The number of aromatic hydroxyl groups is 1. The molecule has 1 aliphatic heterocycles. The van der Waals surface area contributed by atoms with E-state index in [2.05, 4.69) is 35.2 Å². The van der Waals surface area contributed by atoms with Gasteiger partial charge in [-0.1, -0.05) is 18.2 Å². The van der Waals surface area contributed by atoms with Crippen LogP contribution in [0.3, 0.4) is 0 Å². The van der Waals surface area contributed by atoms with Gasteiger partial charge in [-0.15, -0.1) is 0 Å². The summed E-state index contributed by atoms with van der Waals surface area (Å²) < 4.78 is 5.92. The normalized spacial score (nSPS) is 20.4. The lowest BCUT2D eigenvalue weighted by atomic mass is 9.79. The third-order valence-electron chi connectivity index (χ3n) is 5.60. The fourth-order valence-electron chi connectivity index (χ4n) is 4.24. The van der Waals surface area contributed by atoms with Gasteiger partial charge < -0.3 is 9.84 Å². The maximum atomic E-state index is 9.72. The topological polar surface area (TPSA) is 32.7 Å². The number of ether oxygens (including phenoxy) is 1. The smallest absolute Gasteiger partial charge is 0.119 e. The monoisotopic (exact) mass is 337 g/mol. The Morgan fingerprint density at radius 3 is 2.60 bits per heavy atom. The van der Waals surface area contributed by atoms with Crippen molar-refractivity contribution in [1.82, 2.24) is 4.90 Å². The third kappa shape index (κ3) is 3.82. The molecule has 1 unspecified atom stereocenters. The van der Waals surface area contributed by atoms with Crippen LogP contribution in [0.15, 0.2) is 42.5 Å². The highest BCUT2D eigenvalue weighted by Gasteiger charge is 2.22. The minimum Gasteiger partial charge on any atom is -0.508 e. The van der Waals surface area contributed by atoms with E-state index in [-0.39, 0.29) is 0 Å². The molecule has 4 rings (SSSR count). The molecule has 1 heterocycles. The highest BCUT2D eigenvalue weighted by atomic mass is 16.5. The lowest BCUT2D eigenvalue weighted by molar-refractivity contribution is 0.237. The van der Waals surface area contributed by atoms with Crippen LogP contribution < -0.4 is 4.74 Å². The molecule has 1 atom stereocenters. The van der Waals surface area contributed by atoms with Crippen LogP contribution in [0.1, 0.15) is 48.3 Å². The van der Waals surface area contributed by atoms with Crippen molar-refractivity contribution in [3.63, 3.8) is 0 Å². The summed E-state index contributed by atoms with van der Waals surface area (Å²) in [5.74, 6) is 1.77. The van der Waals surface area contributed by atoms with Gasteiger partial charge in [0.1, 0.15) is 18.1 Å². The Morgan fingerprint density at radius 2 is 1.80 bits per heavy atom. The van der Waals surface area contributed by atoms with E-state index in [0.29, 0.717) is 11.7 Å². The summed E-state index contributed by atoms with van der Waals surface area (Å²) in [6, 6.07) is 14.5. The van der Waals surface area contributed by atoms with Crippen LogP contribution in [0.4, 0.5) is 0 Å². The van der Waals surface area contributed by atoms with E-state index in [9.17, 15) is 5.11 Å². The molecule has 3 heteroatoms. The largest absolute Gasteiger partial charge is 0.508 e. The van der Waals surface area contributed by atoms with Crippen LogP contribution in [0.2, 0.25) is 0 Å². The van der Waals surface area contributed by atoms with Crippen molar-refractivity contribution in [2.45, 2.75) is 38.0 Å². The van der Waals surface area contributed by atoms with Gasteiger partial charge in [0.05, 0.1) is 0 Å². The summed E-state index contributed by atoms with van der Waals surface area (Å²) in [5.41, 5.74) is 4.01. The second-order valence-electron chi connectivity index (χ2n) is 7.29. The van der Waals surface area contributed by atoms with Gasteiger partial charge in [-0.2, -0.15) is 0 Å². The summed E-state index contributed by atoms with van der Waals surface area (Å²) >= 11 is 0. The minimum atomic E-state index is 0.376.